The fourth-order valence-corrected chi connectivity index (χ4v) is 5.59. The number of piperazine rings is 1. The highest BCUT2D eigenvalue weighted by molar-refractivity contribution is 5.77. The van der Waals surface area contributed by atoms with Gasteiger partial charge in [-0.25, -0.2) is 19.6 Å². The highest BCUT2D eigenvalue weighted by atomic mass is 19.4. The average Bonchev–Trinajstić information content (AvgIpc) is 3.23. The van der Waals surface area contributed by atoms with Crippen LogP contribution in [0.5, 0.6) is 6.01 Å². The van der Waals surface area contributed by atoms with Gasteiger partial charge in [-0.05, 0) is 57.4 Å². The maximum atomic E-state index is 14.0. The van der Waals surface area contributed by atoms with Crippen LogP contribution in [-0.2, 0) is 30.5 Å². The van der Waals surface area contributed by atoms with Crippen molar-refractivity contribution in [3.8, 4) is 6.01 Å². The monoisotopic (exact) mass is 558 g/mol. The standard InChI is InChI=1S/C27H33F3N8O2/c1-5-40-26-31-12-20(13-32-26)35-9-8-21-22(15-35)24(7-6-23(21)27(28,29)30)36-10-11-37(17(2)14-36)25(39)16-38-19(4)33-18(3)34-38/h6-7,12-13,17H,5,8-11,14-16H2,1-4H3/t17-/m1/s1. The second-order valence-electron chi connectivity index (χ2n) is 10.2. The summed E-state index contributed by atoms with van der Waals surface area (Å²) in [7, 11) is 0. The predicted octanol–water partition coefficient (Wildman–Crippen LogP) is 3.40. The minimum Gasteiger partial charge on any atom is -0.464 e. The van der Waals surface area contributed by atoms with Gasteiger partial charge >= 0.3 is 12.2 Å². The van der Waals surface area contributed by atoms with Crippen LogP contribution in [0.4, 0.5) is 24.5 Å². The van der Waals surface area contributed by atoms with Gasteiger partial charge in [-0.15, -0.1) is 0 Å². The van der Waals surface area contributed by atoms with Crippen molar-refractivity contribution in [2.24, 2.45) is 0 Å². The van der Waals surface area contributed by atoms with E-state index in [2.05, 4.69) is 25.0 Å². The lowest BCUT2D eigenvalue weighted by Crippen LogP contribution is -2.55. The first-order valence-electron chi connectivity index (χ1n) is 13.4. The first-order valence-corrected chi connectivity index (χ1v) is 13.4. The van der Waals surface area contributed by atoms with Gasteiger partial charge in [-0.1, -0.05) is 0 Å². The van der Waals surface area contributed by atoms with Gasteiger partial charge in [0.1, 0.15) is 18.2 Å². The molecular formula is C27H33F3N8O2. The van der Waals surface area contributed by atoms with E-state index >= 15 is 0 Å². The Morgan fingerprint density at radius 1 is 1.07 bits per heavy atom. The Hall–Kier alpha value is -3.90. The Labute approximate surface area is 230 Å². The topological polar surface area (TPSA) is 92.5 Å². The minimum atomic E-state index is -4.44. The third-order valence-electron chi connectivity index (χ3n) is 7.48. The SMILES string of the molecule is CCOc1ncc(N2CCc3c(C(F)(F)F)ccc(N4CCN(C(=O)Cn5nc(C)nc5C)[C@H](C)C4)c3C2)cn1. The number of rotatable bonds is 6. The number of alkyl halides is 3. The zero-order valence-electron chi connectivity index (χ0n) is 23.1. The van der Waals surface area contributed by atoms with Crippen LogP contribution >= 0.6 is 0 Å². The van der Waals surface area contributed by atoms with Crippen LogP contribution in [0.2, 0.25) is 0 Å². The van der Waals surface area contributed by atoms with Gasteiger partial charge in [0.2, 0.25) is 5.91 Å². The van der Waals surface area contributed by atoms with Crippen LogP contribution in [0, 0.1) is 13.8 Å². The molecule has 1 saturated heterocycles. The van der Waals surface area contributed by atoms with Crippen LogP contribution in [0.15, 0.2) is 24.5 Å². The molecule has 5 rings (SSSR count). The molecule has 4 heterocycles. The molecule has 10 nitrogen and oxygen atoms in total. The molecule has 1 fully saturated rings. The smallest absolute Gasteiger partial charge is 0.416 e. The fourth-order valence-electron chi connectivity index (χ4n) is 5.59. The lowest BCUT2D eigenvalue weighted by atomic mass is 9.91. The summed E-state index contributed by atoms with van der Waals surface area (Å²) in [5.41, 5.74) is 1.88. The van der Waals surface area contributed by atoms with E-state index in [1.54, 1.807) is 30.1 Å². The lowest BCUT2D eigenvalue weighted by molar-refractivity contribution is -0.138. The Morgan fingerprint density at radius 3 is 2.45 bits per heavy atom. The van der Waals surface area contributed by atoms with Crippen LogP contribution in [0.1, 0.15) is 42.2 Å². The second-order valence-corrected chi connectivity index (χ2v) is 10.2. The van der Waals surface area contributed by atoms with Gasteiger partial charge < -0.3 is 19.4 Å². The second kappa shape index (κ2) is 10.9. The van der Waals surface area contributed by atoms with E-state index in [1.165, 1.54) is 6.07 Å². The molecule has 1 aromatic carbocycles. The fraction of sp³-hybridized carbons (Fsp3) is 0.519. The van der Waals surface area contributed by atoms with E-state index in [4.69, 9.17) is 4.74 Å². The van der Waals surface area contributed by atoms with Gasteiger partial charge in [0.15, 0.2) is 0 Å². The Kier molecular flexibility index (Phi) is 7.56. The predicted molar refractivity (Wildman–Crippen MR) is 142 cm³/mol. The molecule has 2 aromatic heterocycles. The normalized spacial score (nSPS) is 17.7. The number of aryl methyl sites for hydroxylation is 2. The minimum absolute atomic E-state index is 0.0590. The molecule has 1 atom stereocenters. The summed E-state index contributed by atoms with van der Waals surface area (Å²) in [6.45, 7) is 10.1. The van der Waals surface area contributed by atoms with Crippen molar-refractivity contribution < 1.29 is 22.7 Å². The molecule has 0 N–H and O–H groups in total. The maximum absolute atomic E-state index is 14.0. The summed E-state index contributed by atoms with van der Waals surface area (Å²) in [6, 6.07) is 2.90. The Bertz CT molecular complexity index is 1380. The maximum Gasteiger partial charge on any atom is 0.416 e. The van der Waals surface area contributed by atoms with E-state index in [-0.39, 0.29) is 30.9 Å². The molecule has 1 amide bonds. The molecule has 0 aliphatic carbocycles. The van der Waals surface area contributed by atoms with Crippen molar-refractivity contribution in [2.45, 2.75) is 59.4 Å². The number of benzene rings is 1. The van der Waals surface area contributed by atoms with Crippen LogP contribution in [0.25, 0.3) is 0 Å². The lowest BCUT2D eigenvalue weighted by Gasteiger charge is -2.43. The largest absolute Gasteiger partial charge is 0.464 e. The van der Waals surface area contributed by atoms with Crippen molar-refractivity contribution in [3.63, 3.8) is 0 Å². The summed E-state index contributed by atoms with van der Waals surface area (Å²) in [5.74, 6) is 1.23. The number of halogens is 3. The summed E-state index contributed by atoms with van der Waals surface area (Å²) in [6.07, 6.45) is -0.915. The number of ether oxygens (including phenoxy) is 1. The molecule has 214 valence electrons. The molecule has 0 bridgehead atoms. The third kappa shape index (κ3) is 5.54. The summed E-state index contributed by atoms with van der Waals surface area (Å²) in [4.78, 5) is 31.7. The molecule has 3 aromatic rings. The number of anilines is 2. The zero-order chi connectivity index (χ0) is 28.6. The Balaban J connectivity index is 1.38. The quantitative estimate of drug-likeness (QED) is 0.455. The number of amides is 1. The van der Waals surface area contributed by atoms with Crippen molar-refractivity contribution in [3.05, 3.63) is 52.9 Å². The van der Waals surface area contributed by atoms with Gasteiger partial charge in [-0.2, -0.15) is 18.3 Å². The number of aromatic nitrogens is 5. The molecule has 2 aliphatic rings. The third-order valence-corrected chi connectivity index (χ3v) is 7.48. The van der Waals surface area contributed by atoms with E-state index < -0.39 is 11.7 Å². The molecular weight excluding hydrogens is 525 g/mol. The van der Waals surface area contributed by atoms with E-state index in [9.17, 15) is 18.0 Å². The van der Waals surface area contributed by atoms with Crippen molar-refractivity contribution >= 4 is 17.3 Å². The van der Waals surface area contributed by atoms with Crippen LogP contribution in [-0.4, -0.2) is 74.4 Å². The molecule has 0 saturated carbocycles. The molecule has 2 aliphatic heterocycles. The van der Waals surface area contributed by atoms with E-state index in [1.807, 2.05) is 30.6 Å². The molecule has 13 heteroatoms. The number of carbonyl (C=O) groups is 1. The molecule has 0 radical (unpaired) electrons. The first kappa shape index (κ1) is 27.7. The summed E-state index contributed by atoms with van der Waals surface area (Å²) < 4.78 is 48.9. The summed E-state index contributed by atoms with van der Waals surface area (Å²) in [5, 5.41) is 4.29. The Morgan fingerprint density at radius 2 is 1.82 bits per heavy atom. The van der Waals surface area contributed by atoms with Crippen molar-refractivity contribution in [1.29, 1.82) is 0 Å². The molecule has 40 heavy (non-hydrogen) atoms. The van der Waals surface area contributed by atoms with Gasteiger partial charge in [0, 0.05) is 44.5 Å². The highest BCUT2D eigenvalue weighted by Crippen LogP contribution is 2.40. The molecule has 0 unspecified atom stereocenters. The van der Waals surface area contributed by atoms with Gasteiger partial charge in [0.25, 0.3) is 0 Å². The van der Waals surface area contributed by atoms with Crippen LogP contribution < -0.4 is 14.5 Å². The van der Waals surface area contributed by atoms with Crippen LogP contribution in [0.3, 0.4) is 0 Å². The zero-order valence-corrected chi connectivity index (χ0v) is 23.1. The number of carbonyl (C=O) groups excluding carboxylic acids is 1. The average molecular weight is 559 g/mol. The number of nitrogens with zero attached hydrogens (tertiary/aromatic N) is 8. The first-order chi connectivity index (χ1) is 19.0. The van der Waals surface area contributed by atoms with Gasteiger partial charge in [0.05, 0.1) is 30.3 Å². The van der Waals surface area contributed by atoms with E-state index in [0.717, 1.165) is 11.4 Å². The van der Waals surface area contributed by atoms with Gasteiger partial charge in [-0.3, -0.25) is 4.79 Å². The number of hydrogen-bond donors (Lipinski definition) is 0. The van der Waals surface area contributed by atoms with Crippen molar-refractivity contribution in [1.82, 2.24) is 29.6 Å². The summed E-state index contributed by atoms with van der Waals surface area (Å²) >= 11 is 0. The number of hydrogen-bond acceptors (Lipinski definition) is 8. The van der Waals surface area contributed by atoms with E-state index in [0.29, 0.717) is 62.1 Å². The molecule has 0 spiro atoms. The highest BCUT2D eigenvalue weighted by Gasteiger charge is 2.38. The number of fused-ring (bicyclic) bond motifs is 1. The van der Waals surface area contributed by atoms with Crippen molar-refractivity contribution in [2.75, 3.05) is 42.6 Å².